The van der Waals surface area contributed by atoms with E-state index in [4.69, 9.17) is 13.9 Å². The number of phenols is 3. The Morgan fingerprint density at radius 3 is 2.28 bits per heavy atom. The Bertz CT molecular complexity index is 1240. The van der Waals surface area contributed by atoms with Crippen LogP contribution < -0.4 is 10.2 Å². The first kappa shape index (κ1) is 21.7. The summed E-state index contributed by atoms with van der Waals surface area (Å²) in [5.41, 5.74) is -1.22. The van der Waals surface area contributed by atoms with E-state index in [1.165, 1.54) is 6.07 Å². The van der Waals surface area contributed by atoms with Gasteiger partial charge in [-0.05, 0) is 18.2 Å². The zero-order valence-corrected chi connectivity index (χ0v) is 16.0. The van der Waals surface area contributed by atoms with E-state index in [9.17, 15) is 45.6 Å². The molecule has 1 saturated heterocycles. The lowest BCUT2D eigenvalue weighted by Crippen LogP contribution is -2.59. The second kappa shape index (κ2) is 7.85. The molecule has 1 aromatic heterocycles. The van der Waals surface area contributed by atoms with Gasteiger partial charge in [-0.25, -0.2) is 0 Å². The molecule has 5 atom stereocenters. The summed E-state index contributed by atoms with van der Waals surface area (Å²) >= 11 is 0. The third-order valence-electron chi connectivity index (χ3n) is 4.94. The number of ether oxygens (including phenoxy) is 2. The molecule has 0 bridgehead atoms. The van der Waals surface area contributed by atoms with E-state index in [1.807, 2.05) is 0 Å². The molecular weight excluding hydrogens is 432 g/mol. The third kappa shape index (κ3) is 3.55. The molecule has 1 aliphatic rings. The summed E-state index contributed by atoms with van der Waals surface area (Å²) in [6, 6.07) is 5.41. The molecule has 2 aromatic carbocycles. The van der Waals surface area contributed by atoms with Gasteiger partial charge in [0, 0.05) is 17.7 Å². The van der Waals surface area contributed by atoms with E-state index in [0.717, 1.165) is 24.3 Å². The van der Waals surface area contributed by atoms with Gasteiger partial charge in [-0.15, -0.1) is 0 Å². The second-order valence-corrected chi connectivity index (χ2v) is 7.11. The van der Waals surface area contributed by atoms with Crippen molar-refractivity contribution in [2.75, 3.05) is 0 Å². The lowest BCUT2D eigenvalue weighted by molar-refractivity contribution is -0.321. The monoisotopic (exact) mass is 450 g/mol. The summed E-state index contributed by atoms with van der Waals surface area (Å²) in [4.78, 5) is 12.5. The maximum absolute atomic E-state index is 12.5. The fourth-order valence-electron chi connectivity index (χ4n) is 3.27. The van der Waals surface area contributed by atoms with Crippen molar-refractivity contribution >= 4 is 11.0 Å². The predicted octanol–water partition coefficient (Wildman–Crippen LogP) is -0.581. The average molecular weight is 450 g/mol. The highest BCUT2D eigenvalue weighted by Crippen LogP contribution is 2.39. The van der Waals surface area contributed by atoms with Crippen molar-refractivity contribution in [3.63, 3.8) is 0 Å². The van der Waals surface area contributed by atoms with Crippen molar-refractivity contribution in [3.8, 4) is 40.1 Å². The number of hydrogen-bond acceptors (Lipinski definition) is 12. The van der Waals surface area contributed by atoms with Crippen LogP contribution in [0.4, 0.5) is 0 Å². The van der Waals surface area contributed by atoms with Crippen LogP contribution in [0, 0.1) is 0 Å². The molecule has 1 aliphatic heterocycles. The van der Waals surface area contributed by atoms with Crippen LogP contribution in [-0.4, -0.2) is 71.7 Å². The highest BCUT2D eigenvalue weighted by atomic mass is 16.7. The lowest BCUT2D eigenvalue weighted by atomic mass is 10.0. The van der Waals surface area contributed by atoms with E-state index in [1.54, 1.807) is 0 Å². The quantitative estimate of drug-likeness (QED) is 0.252. The van der Waals surface area contributed by atoms with Crippen LogP contribution in [0.3, 0.4) is 0 Å². The van der Waals surface area contributed by atoms with Gasteiger partial charge in [0.15, 0.2) is 23.5 Å². The van der Waals surface area contributed by atoms with Crippen LogP contribution >= 0.6 is 0 Å². The van der Waals surface area contributed by atoms with Crippen molar-refractivity contribution in [2.45, 2.75) is 30.9 Å². The smallest absolute Gasteiger partial charge is 0.238 e. The Balaban J connectivity index is 1.76. The largest absolute Gasteiger partial charge is 0.508 e. The van der Waals surface area contributed by atoms with Crippen LogP contribution in [-0.2, 0) is 4.74 Å². The Hall–Kier alpha value is -3.55. The summed E-state index contributed by atoms with van der Waals surface area (Å²) in [6.45, 7) is 0. The molecule has 1 fully saturated rings. The van der Waals surface area contributed by atoms with Gasteiger partial charge in [0.25, 0.3) is 0 Å². The molecule has 2 heterocycles. The maximum atomic E-state index is 12.5. The topological polar surface area (TPSA) is 211 Å². The summed E-state index contributed by atoms with van der Waals surface area (Å²) in [7, 11) is 0. The number of aromatic hydroxyl groups is 4. The Kier molecular flexibility index (Phi) is 5.32. The molecule has 8 N–H and O–H groups in total. The fourth-order valence-corrected chi connectivity index (χ4v) is 3.27. The number of benzene rings is 2. The van der Waals surface area contributed by atoms with Gasteiger partial charge in [-0.2, -0.15) is 0 Å². The van der Waals surface area contributed by atoms with Gasteiger partial charge in [0.05, 0.1) is 0 Å². The summed E-state index contributed by atoms with van der Waals surface area (Å²) in [6.07, 6.45) is -8.98. The molecule has 170 valence electrons. The molecule has 4 rings (SSSR count). The number of phenolic OH excluding ortho intramolecular Hbond substituents is 3. The maximum Gasteiger partial charge on any atom is 0.238 e. The van der Waals surface area contributed by atoms with Crippen LogP contribution in [0.15, 0.2) is 39.5 Å². The van der Waals surface area contributed by atoms with Crippen molar-refractivity contribution < 1.29 is 54.7 Å². The summed E-state index contributed by atoms with van der Waals surface area (Å²) in [5.74, 6) is -3.10. The lowest BCUT2D eigenvalue weighted by Gasteiger charge is -2.37. The van der Waals surface area contributed by atoms with Gasteiger partial charge in [0.1, 0.15) is 40.8 Å². The Morgan fingerprint density at radius 2 is 1.56 bits per heavy atom. The minimum Gasteiger partial charge on any atom is -0.508 e. The zero-order valence-electron chi connectivity index (χ0n) is 16.0. The first-order chi connectivity index (χ1) is 15.1. The number of rotatable bonds is 3. The van der Waals surface area contributed by atoms with E-state index in [0.29, 0.717) is 0 Å². The predicted molar refractivity (Wildman–Crippen MR) is 104 cm³/mol. The highest BCUT2D eigenvalue weighted by molar-refractivity contribution is 5.88. The fraction of sp³-hybridized carbons (Fsp3) is 0.250. The molecular formula is C20H18O12. The summed E-state index contributed by atoms with van der Waals surface area (Å²) in [5, 5.41) is 78.5. The molecule has 0 saturated carbocycles. The van der Waals surface area contributed by atoms with Crippen molar-refractivity contribution in [1.29, 1.82) is 0 Å². The molecule has 3 aromatic rings. The number of hydrogen-bond donors (Lipinski definition) is 8. The van der Waals surface area contributed by atoms with Gasteiger partial charge in [0.2, 0.25) is 17.5 Å². The highest BCUT2D eigenvalue weighted by Gasteiger charge is 2.44. The molecule has 0 unspecified atom stereocenters. The minimum atomic E-state index is -1.88. The molecule has 0 spiro atoms. The molecule has 12 nitrogen and oxygen atoms in total. The minimum absolute atomic E-state index is 0.00330. The van der Waals surface area contributed by atoms with Crippen LogP contribution in [0.25, 0.3) is 22.3 Å². The molecule has 12 heteroatoms. The second-order valence-electron chi connectivity index (χ2n) is 7.11. The molecule has 0 aliphatic carbocycles. The molecule has 32 heavy (non-hydrogen) atoms. The van der Waals surface area contributed by atoms with Crippen LogP contribution in [0.5, 0.6) is 28.7 Å². The van der Waals surface area contributed by atoms with Gasteiger partial charge < -0.3 is 54.7 Å². The molecule has 0 radical (unpaired) electrons. The van der Waals surface area contributed by atoms with Gasteiger partial charge in [-0.3, -0.25) is 4.79 Å². The van der Waals surface area contributed by atoms with Gasteiger partial charge >= 0.3 is 0 Å². The van der Waals surface area contributed by atoms with Crippen LogP contribution in [0.1, 0.15) is 0 Å². The van der Waals surface area contributed by atoms with Gasteiger partial charge in [-0.1, -0.05) is 0 Å². The normalized spacial score (nSPS) is 25.7. The summed E-state index contributed by atoms with van der Waals surface area (Å²) < 4.78 is 15.7. The van der Waals surface area contributed by atoms with E-state index in [-0.39, 0.29) is 22.3 Å². The number of aliphatic hydroxyl groups is 4. The standard InChI is InChI=1S/C20H18O12/c21-7-4-9(23)12-11(5-7)30-18(15(26)13(12)24)6-1-2-8(22)10(3-6)31-20-17(28)14(25)16(27)19(29)32-20/h1-5,14,16-17,19-23,25-29H/t14-,16+,17+,19+,20+/m0/s1. The Morgan fingerprint density at radius 1 is 0.844 bits per heavy atom. The Labute approximate surface area is 178 Å². The van der Waals surface area contributed by atoms with Crippen molar-refractivity contribution in [3.05, 3.63) is 40.6 Å². The van der Waals surface area contributed by atoms with E-state index < -0.39 is 65.1 Å². The third-order valence-corrected chi connectivity index (χ3v) is 4.94. The van der Waals surface area contributed by atoms with Crippen molar-refractivity contribution in [1.82, 2.24) is 0 Å². The van der Waals surface area contributed by atoms with E-state index in [2.05, 4.69) is 0 Å². The first-order valence-corrected chi connectivity index (χ1v) is 9.18. The van der Waals surface area contributed by atoms with E-state index >= 15 is 0 Å². The van der Waals surface area contributed by atoms with Crippen LogP contribution in [0.2, 0.25) is 0 Å². The van der Waals surface area contributed by atoms with Crippen molar-refractivity contribution in [2.24, 2.45) is 0 Å². The number of aliphatic hydroxyl groups excluding tert-OH is 4. The SMILES string of the molecule is O=c1c(O)c(-c2ccc(O)c(O[C@@H]3O[C@@H](O)[C@H](O)[C@H](O)[C@H]3O)c2)oc2cc(O)cc(O)c12. The molecule has 0 amide bonds. The first-order valence-electron chi connectivity index (χ1n) is 9.18. The zero-order chi connectivity index (χ0) is 23.3. The average Bonchev–Trinajstić information content (AvgIpc) is 2.74. The number of fused-ring (bicyclic) bond motifs is 1.